The van der Waals surface area contributed by atoms with E-state index in [2.05, 4.69) is 24.0 Å². The van der Waals surface area contributed by atoms with E-state index in [1.165, 1.54) is 5.56 Å². The monoisotopic (exact) mass is 359 g/mol. The molecule has 0 spiro atoms. The topological polar surface area (TPSA) is 53.1 Å². The van der Waals surface area contributed by atoms with Gasteiger partial charge in [-0.3, -0.25) is 14.5 Å². The molecule has 26 heavy (non-hydrogen) atoms. The summed E-state index contributed by atoms with van der Waals surface area (Å²) in [5.41, 5.74) is 2.14. The molecule has 3 rings (SSSR count). The molecule has 2 saturated heterocycles. The van der Waals surface area contributed by atoms with Crippen LogP contribution in [0.15, 0.2) is 24.3 Å². The fourth-order valence-corrected chi connectivity index (χ4v) is 3.70. The van der Waals surface area contributed by atoms with Gasteiger partial charge in [-0.2, -0.15) is 0 Å². The first kappa shape index (κ1) is 18.9. The van der Waals surface area contributed by atoms with Crippen LogP contribution in [0.1, 0.15) is 18.9 Å². The molecular weight excluding hydrogens is 330 g/mol. The van der Waals surface area contributed by atoms with Gasteiger partial charge in [0, 0.05) is 58.5 Å². The Hall–Kier alpha value is -1.92. The molecule has 0 unspecified atom stereocenters. The van der Waals surface area contributed by atoms with Crippen LogP contribution in [0.25, 0.3) is 0 Å². The first-order chi connectivity index (χ1) is 12.6. The highest BCUT2D eigenvalue weighted by atomic mass is 16.5. The standard InChI is InChI=1S/C20H29N3O3/c1-3-16-4-6-18(7-5-16)23-15-17(14-19(23)24)20(25)22-10-8-21(9-11-22)12-13-26-2/h4-7,17H,3,8-15H2,1-2H3/t17-/m0/s1. The van der Waals surface area contributed by atoms with Crippen LogP contribution in [0.5, 0.6) is 0 Å². The summed E-state index contributed by atoms with van der Waals surface area (Å²) in [4.78, 5) is 31.3. The molecule has 2 amide bonds. The number of rotatable bonds is 6. The predicted molar refractivity (Wildman–Crippen MR) is 101 cm³/mol. The maximum Gasteiger partial charge on any atom is 0.228 e. The molecule has 2 aliphatic rings. The molecular formula is C20H29N3O3. The number of hydrogen-bond donors (Lipinski definition) is 0. The fraction of sp³-hybridized carbons (Fsp3) is 0.600. The Morgan fingerprint density at radius 3 is 2.46 bits per heavy atom. The van der Waals surface area contributed by atoms with E-state index >= 15 is 0 Å². The highest BCUT2D eigenvalue weighted by molar-refractivity contribution is 6.00. The summed E-state index contributed by atoms with van der Waals surface area (Å²) in [6.45, 7) is 7.44. The Balaban J connectivity index is 1.55. The molecule has 0 radical (unpaired) electrons. The van der Waals surface area contributed by atoms with Gasteiger partial charge in [0.1, 0.15) is 0 Å². The van der Waals surface area contributed by atoms with Crippen molar-refractivity contribution in [2.75, 3.05) is 57.9 Å². The van der Waals surface area contributed by atoms with Gasteiger partial charge in [-0.05, 0) is 24.1 Å². The molecule has 0 N–H and O–H groups in total. The van der Waals surface area contributed by atoms with Crippen molar-refractivity contribution in [3.63, 3.8) is 0 Å². The molecule has 2 fully saturated rings. The van der Waals surface area contributed by atoms with E-state index < -0.39 is 0 Å². The zero-order chi connectivity index (χ0) is 18.5. The van der Waals surface area contributed by atoms with E-state index in [0.717, 1.165) is 51.4 Å². The molecule has 0 aliphatic carbocycles. The molecule has 1 atom stereocenters. The van der Waals surface area contributed by atoms with Crippen LogP contribution >= 0.6 is 0 Å². The van der Waals surface area contributed by atoms with Gasteiger partial charge in [-0.15, -0.1) is 0 Å². The van der Waals surface area contributed by atoms with Crippen molar-refractivity contribution in [2.45, 2.75) is 19.8 Å². The van der Waals surface area contributed by atoms with Crippen molar-refractivity contribution in [3.05, 3.63) is 29.8 Å². The summed E-state index contributed by atoms with van der Waals surface area (Å²) in [5, 5.41) is 0. The van der Waals surface area contributed by atoms with Crippen LogP contribution in [0, 0.1) is 5.92 Å². The minimum Gasteiger partial charge on any atom is -0.383 e. The number of aryl methyl sites for hydroxylation is 1. The molecule has 2 heterocycles. The second kappa shape index (κ2) is 8.64. The smallest absolute Gasteiger partial charge is 0.228 e. The summed E-state index contributed by atoms with van der Waals surface area (Å²) in [7, 11) is 1.71. The molecule has 6 heteroatoms. The minimum atomic E-state index is -0.223. The lowest BCUT2D eigenvalue weighted by Gasteiger charge is -2.35. The van der Waals surface area contributed by atoms with Crippen LogP contribution < -0.4 is 4.90 Å². The first-order valence-corrected chi connectivity index (χ1v) is 9.51. The summed E-state index contributed by atoms with van der Waals surface area (Å²) in [5.74, 6) is -0.0531. The van der Waals surface area contributed by atoms with E-state index in [9.17, 15) is 9.59 Å². The zero-order valence-corrected chi connectivity index (χ0v) is 15.8. The summed E-state index contributed by atoms with van der Waals surface area (Å²) in [6, 6.07) is 8.07. The Labute approximate surface area is 155 Å². The lowest BCUT2D eigenvalue weighted by atomic mass is 10.1. The van der Waals surface area contributed by atoms with E-state index in [-0.39, 0.29) is 17.7 Å². The van der Waals surface area contributed by atoms with Crippen molar-refractivity contribution in [2.24, 2.45) is 5.92 Å². The molecule has 142 valence electrons. The van der Waals surface area contributed by atoms with Gasteiger partial charge < -0.3 is 14.5 Å². The average molecular weight is 359 g/mol. The Bertz CT molecular complexity index is 624. The number of methoxy groups -OCH3 is 1. The van der Waals surface area contributed by atoms with Gasteiger partial charge in [-0.1, -0.05) is 19.1 Å². The van der Waals surface area contributed by atoms with Crippen LogP contribution in [0.3, 0.4) is 0 Å². The van der Waals surface area contributed by atoms with Gasteiger partial charge in [0.2, 0.25) is 11.8 Å². The number of benzene rings is 1. The van der Waals surface area contributed by atoms with Crippen molar-refractivity contribution in [1.82, 2.24) is 9.80 Å². The van der Waals surface area contributed by atoms with E-state index in [0.29, 0.717) is 13.0 Å². The first-order valence-electron chi connectivity index (χ1n) is 9.51. The van der Waals surface area contributed by atoms with Gasteiger partial charge in [0.05, 0.1) is 12.5 Å². The maximum absolute atomic E-state index is 12.8. The summed E-state index contributed by atoms with van der Waals surface area (Å²) >= 11 is 0. The number of hydrogen-bond acceptors (Lipinski definition) is 4. The molecule has 1 aromatic carbocycles. The number of ether oxygens (including phenoxy) is 1. The second-order valence-electron chi connectivity index (χ2n) is 7.09. The molecule has 0 saturated carbocycles. The minimum absolute atomic E-state index is 0.0475. The van der Waals surface area contributed by atoms with Crippen molar-refractivity contribution < 1.29 is 14.3 Å². The molecule has 6 nitrogen and oxygen atoms in total. The van der Waals surface area contributed by atoms with E-state index in [1.54, 1.807) is 12.0 Å². The third kappa shape index (κ3) is 4.24. The lowest BCUT2D eigenvalue weighted by Crippen LogP contribution is -2.51. The number of anilines is 1. The van der Waals surface area contributed by atoms with Gasteiger partial charge in [0.25, 0.3) is 0 Å². The van der Waals surface area contributed by atoms with Gasteiger partial charge in [-0.25, -0.2) is 0 Å². The van der Waals surface area contributed by atoms with Crippen LogP contribution in [0.4, 0.5) is 5.69 Å². The van der Waals surface area contributed by atoms with Crippen molar-refractivity contribution in [3.8, 4) is 0 Å². The molecule has 2 aliphatic heterocycles. The third-order valence-corrected chi connectivity index (χ3v) is 5.43. The van der Waals surface area contributed by atoms with E-state index in [4.69, 9.17) is 4.74 Å². The Morgan fingerprint density at radius 2 is 1.85 bits per heavy atom. The van der Waals surface area contributed by atoms with Crippen LogP contribution in [-0.4, -0.2) is 74.6 Å². The third-order valence-electron chi connectivity index (χ3n) is 5.43. The molecule has 0 aromatic heterocycles. The number of amides is 2. The number of nitrogens with zero attached hydrogens (tertiary/aromatic N) is 3. The highest BCUT2D eigenvalue weighted by Gasteiger charge is 2.37. The van der Waals surface area contributed by atoms with Gasteiger partial charge in [0.15, 0.2) is 0 Å². The number of carbonyl (C=O) groups excluding carboxylic acids is 2. The molecule has 1 aromatic rings. The normalized spacial score (nSPS) is 21.5. The fourth-order valence-electron chi connectivity index (χ4n) is 3.70. The number of carbonyl (C=O) groups is 2. The van der Waals surface area contributed by atoms with Crippen molar-refractivity contribution >= 4 is 17.5 Å². The second-order valence-corrected chi connectivity index (χ2v) is 7.09. The van der Waals surface area contributed by atoms with E-state index in [1.807, 2.05) is 17.0 Å². The quantitative estimate of drug-likeness (QED) is 0.770. The zero-order valence-electron chi connectivity index (χ0n) is 15.8. The SMILES string of the molecule is CCc1ccc(N2C[C@@H](C(=O)N3CCN(CCOC)CC3)CC2=O)cc1. The van der Waals surface area contributed by atoms with Crippen LogP contribution in [-0.2, 0) is 20.7 Å². The van der Waals surface area contributed by atoms with Crippen molar-refractivity contribution in [1.29, 1.82) is 0 Å². The number of piperazine rings is 1. The summed E-state index contributed by atoms with van der Waals surface area (Å²) in [6.07, 6.45) is 1.30. The lowest BCUT2D eigenvalue weighted by molar-refractivity contribution is -0.137. The largest absolute Gasteiger partial charge is 0.383 e. The summed E-state index contributed by atoms with van der Waals surface area (Å²) < 4.78 is 5.12. The predicted octanol–water partition coefficient (Wildman–Crippen LogP) is 1.39. The average Bonchev–Trinajstić information content (AvgIpc) is 3.08. The Kier molecular flexibility index (Phi) is 6.27. The maximum atomic E-state index is 12.8. The van der Waals surface area contributed by atoms with Crippen LogP contribution in [0.2, 0.25) is 0 Å². The Morgan fingerprint density at radius 1 is 1.15 bits per heavy atom. The molecule has 0 bridgehead atoms. The van der Waals surface area contributed by atoms with Gasteiger partial charge >= 0.3 is 0 Å². The highest BCUT2D eigenvalue weighted by Crippen LogP contribution is 2.27.